The van der Waals surface area contributed by atoms with Gasteiger partial charge >= 0.3 is 0 Å². The first-order chi connectivity index (χ1) is 17.9. The van der Waals surface area contributed by atoms with Crippen molar-refractivity contribution in [2.75, 3.05) is 18.5 Å². The number of carbonyl (C=O) groups excluding carboxylic acids is 3. The number of amides is 3. The Kier molecular flexibility index (Phi) is 6.72. The predicted octanol–water partition coefficient (Wildman–Crippen LogP) is 3.71. The van der Waals surface area contributed by atoms with Gasteiger partial charge in [0.2, 0.25) is 17.7 Å². The Bertz CT molecular complexity index is 1110. The van der Waals surface area contributed by atoms with Gasteiger partial charge < -0.3 is 25.0 Å². The highest BCUT2D eigenvalue weighted by atomic mass is 35.5. The van der Waals surface area contributed by atoms with Crippen LogP contribution in [0.25, 0.3) is 0 Å². The van der Waals surface area contributed by atoms with E-state index in [1.807, 2.05) is 12.2 Å². The molecule has 6 unspecified atom stereocenters. The minimum atomic E-state index is -1.19. The first kappa shape index (κ1) is 25.2. The standard InChI is InChI=1S/C27H31Cl2N3O5/c28-15-11-16(29)13-18(12-15)31-24(33)21-20-8-9-27(37-20)22(21)26(35)32(14-19-7-4-10-36-19)23(27)25(34)30-17-5-2-1-3-6-17/h8-9,11-13,17,19-23H,1-7,10,14H2,(H,30,34)(H,31,33). The monoisotopic (exact) mass is 547 g/mol. The SMILES string of the molecule is O=C(Nc1cc(Cl)cc(Cl)c1)C1C2C=CC3(O2)C1C(=O)N(CC1CCCO1)C3C(=O)NC1CCCCC1. The van der Waals surface area contributed by atoms with Gasteiger partial charge in [0.15, 0.2) is 0 Å². The number of hydrogen-bond acceptors (Lipinski definition) is 5. The molecule has 10 heteroatoms. The Morgan fingerprint density at radius 1 is 1.03 bits per heavy atom. The molecule has 0 aromatic heterocycles. The third-order valence-corrected chi connectivity index (χ3v) is 8.87. The fraction of sp³-hybridized carbons (Fsp3) is 0.593. The van der Waals surface area contributed by atoms with E-state index >= 15 is 0 Å². The molecular weight excluding hydrogens is 517 g/mol. The van der Waals surface area contributed by atoms with Crippen LogP contribution in [-0.2, 0) is 23.9 Å². The molecule has 37 heavy (non-hydrogen) atoms. The second-order valence-corrected chi connectivity index (χ2v) is 11.7. The number of carbonyl (C=O) groups is 3. The molecule has 6 rings (SSSR count). The number of hydrogen-bond donors (Lipinski definition) is 2. The maximum absolute atomic E-state index is 14.0. The topological polar surface area (TPSA) is 97.0 Å². The molecule has 1 aromatic carbocycles. The summed E-state index contributed by atoms with van der Waals surface area (Å²) < 4.78 is 12.2. The van der Waals surface area contributed by atoms with E-state index in [4.69, 9.17) is 32.7 Å². The van der Waals surface area contributed by atoms with Crippen LogP contribution in [0.5, 0.6) is 0 Å². The van der Waals surface area contributed by atoms with Crippen LogP contribution >= 0.6 is 23.2 Å². The van der Waals surface area contributed by atoms with Crippen molar-refractivity contribution < 1.29 is 23.9 Å². The molecule has 1 saturated carbocycles. The summed E-state index contributed by atoms with van der Waals surface area (Å²) in [5.41, 5.74) is -0.746. The van der Waals surface area contributed by atoms with Gasteiger partial charge in [0.05, 0.1) is 24.0 Å². The van der Waals surface area contributed by atoms with Crippen molar-refractivity contribution in [1.29, 1.82) is 0 Å². The van der Waals surface area contributed by atoms with Crippen LogP contribution in [0.3, 0.4) is 0 Å². The molecule has 5 aliphatic rings. The highest BCUT2D eigenvalue weighted by molar-refractivity contribution is 6.35. The molecule has 8 nitrogen and oxygen atoms in total. The Balaban J connectivity index is 1.30. The van der Waals surface area contributed by atoms with E-state index in [9.17, 15) is 14.4 Å². The minimum absolute atomic E-state index is 0.0886. The van der Waals surface area contributed by atoms with E-state index in [0.717, 1.165) is 38.5 Å². The smallest absolute Gasteiger partial charge is 0.246 e. The molecule has 6 atom stereocenters. The van der Waals surface area contributed by atoms with Crippen LogP contribution in [0, 0.1) is 11.8 Å². The lowest BCUT2D eigenvalue weighted by atomic mass is 9.74. The third kappa shape index (κ3) is 4.46. The number of fused-ring (bicyclic) bond motifs is 1. The summed E-state index contributed by atoms with van der Waals surface area (Å²) >= 11 is 12.2. The second-order valence-electron chi connectivity index (χ2n) is 10.8. The van der Waals surface area contributed by atoms with Crippen LogP contribution in [0.1, 0.15) is 44.9 Å². The summed E-state index contributed by atoms with van der Waals surface area (Å²) in [7, 11) is 0. The summed E-state index contributed by atoms with van der Waals surface area (Å²) in [6, 6.07) is 4.02. The minimum Gasteiger partial charge on any atom is -0.376 e. The van der Waals surface area contributed by atoms with E-state index in [1.54, 1.807) is 23.1 Å². The van der Waals surface area contributed by atoms with Crippen molar-refractivity contribution >= 4 is 46.6 Å². The van der Waals surface area contributed by atoms with Crippen molar-refractivity contribution in [3.05, 3.63) is 40.4 Å². The number of benzene rings is 1. The van der Waals surface area contributed by atoms with Crippen LogP contribution in [0.15, 0.2) is 30.4 Å². The van der Waals surface area contributed by atoms with Crippen molar-refractivity contribution in [3.63, 3.8) is 0 Å². The van der Waals surface area contributed by atoms with Crippen molar-refractivity contribution in [2.45, 2.75) is 74.8 Å². The zero-order valence-electron chi connectivity index (χ0n) is 20.5. The molecule has 3 saturated heterocycles. The molecule has 1 aliphatic carbocycles. The highest BCUT2D eigenvalue weighted by Gasteiger charge is 2.73. The number of halogens is 2. The van der Waals surface area contributed by atoms with Crippen molar-refractivity contribution in [2.24, 2.45) is 11.8 Å². The molecule has 3 amide bonds. The van der Waals surface area contributed by atoms with Gasteiger partial charge in [-0.1, -0.05) is 54.6 Å². The number of rotatable bonds is 6. The number of nitrogens with one attached hydrogen (secondary N) is 2. The van der Waals surface area contributed by atoms with Gasteiger partial charge in [-0.05, 0) is 43.9 Å². The quantitative estimate of drug-likeness (QED) is 0.529. The van der Waals surface area contributed by atoms with Gasteiger partial charge in [0.1, 0.15) is 11.6 Å². The first-order valence-corrected chi connectivity index (χ1v) is 14.0. The molecule has 0 radical (unpaired) electrons. The van der Waals surface area contributed by atoms with E-state index in [-0.39, 0.29) is 29.9 Å². The maximum Gasteiger partial charge on any atom is 0.246 e. The molecule has 4 fully saturated rings. The molecule has 2 N–H and O–H groups in total. The maximum atomic E-state index is 14.0. The normalized spacial score (nSPS) is 34.7. The lowest BCUT2D eigenvalue weighted by Crippen LogP contribution is -2.57. The number of likely N-dealkylation sites (tertiary alicyclic amines) is 1. The van der Waals surface area contributed by atoms with Gasteiger partial charge in [-0.3, -0.25) is 14.4 Å². The largest absolute Gasteiger partial charge is 0.376 e. The molecular formula is C27H31Cl2N3O5. The van der Waals surface area contributed by atoms with Crippen LogP contribution in [0.2, 0.25) is 10.0 Å². The first-order valence-electron chi connectivity index (χ1n) is 13.2. The van der Waals surface area contributed by atoms with E-state index < -0.39 is 29.6 Å². The second kappa shape index (κ2) is 9.88. The molecule has 2 bridgehead atoms. The third-order valence-electron chi connectivity index (χ3n) is 8.43. The van der Waals surface area contributed by atoms with E-state index in [0.29, 0.717) is 28.9 Å². The van der Waals surface area contributed by atoms with Crippen LogP contribution < -0.4 is 10.6 Å². The molecule has 1 aromatic rings. The lowest BCUT2D eigenvalue weighted by molar-refractivity contribution is -0.143. The van der Waals surface area contributed by atoms with Crippen LogP contribution in [-0.4, -0.2) is 65.7 Å². The fourth-order valence-electron chi connectivity index (χ4n) is 6.85. The lowest BCUT2D eigenvalue weighted by Gasteiger charge is -2.34. The summed E-state index contributed by atoms with van der Waals surface area (Å²) in [4.78, 5) is 43.0. The van der Waals surface area contributed by atoms with Gasteiger partial charge in [0.25, 0.3) is 0 Å². The fourth-order valence-corrected chi connectivity index (χ4v) is 7.38. The van der Waals surface area contributed by atoms with Gasteiger partial charge in [-0.15, -0.1) is 0 Å². The molecule has 4 aliphatic heterocycles. The average molecular weight is 548 g/mol. The summed E-state index contributed by atoms with van der Waals surface area (Å²) in [5.74, 6) is -2.40. The van der Waals surface area contributed by atoms with Crippen molar-refractivity contribution in [3.8, 4) is 0 Å². The number of nitrogens with zero attached hydrogens (tertiary/aromatic N) is 1. The zero-order valence-corrected chi connectivity index (χ0v) is 22.0. The Hall–Kier alpha value is -2.13. The molecule has 198 valence electrons. The number of anilines is 1. The summed E-state index contributed by atoms with van der Waals surface area (Å²) in [5, 5.41) is 6.85. The summed E-state index contributed by atoms with van der Waals surface area (Å²) in [6.45, 7) is 0.950. The Morgan fingerprint density at radius 2 is 1.78 bits per heavy atom. The zero-order chi connectivity index (χ0) is 25.7. The number of ether oxygens (including phenoxy) is 2. The molecule has 1 spiro atoms. The van der Waals surface area contributed by atoms with Crippen molar-refractivity contribution in [1.82, 2.24) is 10.2 Å². The Morgan fingerprint density at radius 3 is 2.49 bits per heavy atom. The molecule has 4 heterocycles. The predicted molar refractivity (Wildman–Crippen MR) is 138 cm³/mol. The van der Waals surface area contributed by atoms with Gasteiger partial charge in [0, 0.05) is 34.9 Å². The van der Waals surface area contributed by atoms with Gasteiger partial charge in [-0.25, -0.2) is 0 Å². The summed E-state index contributed by atoms with van der Waals surface area (Å²) in [6.07, 6.45) is 9.87. The highest BCUT2D eigenvalue weighted by Crippen LogP contribution is 2.55. The van der Waals surface area contributed by atoms with E-state index in [2.05, 4.69) is 10.6 Å². The van der Waals surface area contributed by atoms with Gasteiger partial charge in [-0.2, -0.15) is 0 Å². The Labute approximate surface area is 226 Å². The average Bonchev–Trinajstić information content (AvgIpc) is 3.62. The van der Waals surface area contributed by atoms with Crippen LogP contribution in [0.4, 0.5) is 5.69 Å². The van der Waals surface area contributed by atoms with E-state index in [1.165, 1.54) is 6.42 Å².